The van der Waals surface area contributed by atoms with Crippen molar-refractivity contribution in [2.45, 2.75) is 68.0 Å². The number of rotatable bonds is 15. The lowest BCUT2D eigenvalue weighted by atomic mass is 10.1. The second kappa shape index (κ2) is 17.8. The number of aliphatic hydroxyl groups excluding tert-OH is 5. The Morgan fingerprint density at radius 3 is 2.09 bits per heavy atom. The molecule has 11 atom stereocenters. The quantitative estimate of drug-likeness (QED) is 0.0603. The number of amides is 1. The number of nitrogens with two attached hydrogens (primary N) is 2. The summed E-state index contributed by atoms with van der Waals surface area (Å²) in [4.78, 5) is 54.6. The standard InChI is InChI=1S/C21H29N7O14P2.C7H15NO3/c22-17-12-19(25-7-24-17)28(8-26-12)21-16(32)14(30)11(41-21)6-39-44(36,37)42-43(34,35)38-5-10-13(29)15(31)20(40-10)27-3-1-2-9(4-27)18(23)33;1-8(2,3)5-6(9)4-7(10)11/h1,3-4,7-8,10-11,13-16,20-21,29-32H,2,5-6H2,(H2,23,33)(H,34,35)(H,36,37)(H2,22,24,25);6,9H,4-5H2,1-3H3/t10-,11-,13-,14-,15-,16-,20-,21-;6-/m11/s1. The van der Waals surface area contributed by atoms with Crippen LogP contribution >= 0.6 is 15.6 Å². The van der Waals surface area contributed by atoms with Crippen molar-refractivity contribution < 1.29 is 86.5 Å². The number of allylic oxidation sites excluding steroid dienone is 1. The molecule has 27 heteroatoms. The predicted octanol–water partition coefficient (Wildman–Crippen LogP) is -4.49. The minimum absolute atomic E-state index is 0.0517. The summed E-state index contributed by atoms with van der Waals surface area (Å²) in [6.07, 6.45) is -5.97. The molecule has 0 aromatic carbocycles. The van der Waals surface area contributed by atoms with Gasteiger partial charge in [-0.1, -0.05) is 6.08 Å². The Hall–Kier alpha value is -3.49. The maximum Gasteiger partial charge on any atom is 0.481 e. The molecule has 25 nitrogen and oxygen atoms in total. The van der Waals surface area contributed by atoms with Crippen molar-refractivity contribution in [3.8, 4) is 0 Å². The van der Waals surface area contributed by atoms with Crippen LogP contribution in [0.25, 0.3) is 11.2 Å². The van der Waals surface area contributed by atoms with Crippen molar-refractivity contribution in [3.05, 3.63) is 36.7 Å². The lowest BCUT2D eigenvalue weighted by Crippen LogP contribution is -2.43. The lowest BCUT2D eigenvalue weighted by molar-refractivity contribution is -0.873. The van der Waals surface area contributed by atoms with Crippen LogP contribution in [0.15, 0.2) is 36.7 Å². The number of carboxylic acid groups (broad SMARTS) is 1. The van der Waals surface area contributed by atoms with Gasteiger partial charge in [-0.25, -0.2) is 24.1 Å². The molecule has 11 N–H and O–H groups in total. The first-order chi connectivity index (χ1) is 25.5. The van der Waals surface area contributed by atoms with E-state index in [1.54, 1.807) is 6.08 Å². The number of carbonyl (C=O) groups is 2. The number of ether oxygens (including phenoxy) is 2. The third-order valence-electron chi connectivity index (χ3n) is 8.04. The fourth-order valence-electron chi connectivity index (χ4n) is 5.57. The molecule has 0 spiro atoms. The zero-order valence-corrected chi connectivity index (χ0v) is 31.4. The highest BCUT2D eigenvalue weighted by Crippen LogP contribution is 2.60. The lowest BCUT2D eigenvalue weighted by Gasteiger charge is -2.28. The van der Waals surface area contributed by atoms with E-state index in [9.17, 15) is 54.0 Å². The molecule has 5 heterocycles. The number of hydrogen-bond acceptors (Lipinski definition) is 20. The molecule has 2 saturated heterocycles. The molecule has 55 heavy (non-hydrogen) atoms. The number of anilines is 1. The number of phosphoric acid groups is 2. The number of imidazole rings is 1. The van der Waals surface area contributed by atoms with Gasteiger partial charge in [0.1, 0.15) is 61.1 Å². The van der Waals surface area contributed by atoms with Crippen LogP contribution in [0.2, 0.25) is 0 Å². The van der Waals surface area contributed by atoms with Gasteiger partial charge < -0.3 is 75.5 Å². The number of nitrogen functional groups attached to an aromatic ring is 1. The number of aliphatic hydroxyl groups is 5. The topological polar surface area (TPSA) is 378 Å². The smallest absolute Gasteiger partial charge is 0.481 e. The summed E-state index contributed by atoms with van der Waals surface area (Å²) in [5.41, 5.74) is 11.6. The molecule has 0 radical (unpaired) electrons. The first-order valence-electron chi connectivity index (χ1n) is 16.2. The molecule has 0 bridgehead atoms. The fourth-order valence-corrected chi connectivity index (χ4v) is 7.66. The molecule has 2 aromatic rings. The fraction of sp³-hybridized carbons (Fsp3) is 0.607. The summed E-state index contributed by atoms with van der Waals surface area (Å²) in [6.45, 7) is -1.36. The van der Waals surface area contributed by atoms with E-state index in [2.05, 4.69) is 19.3 Å². The van der Waals surface area contributed by atoms with Gasteiger partial charge in [-0.2, -0.15) is 4.31 Å². The molecule has 0 aliphatic carbocycles. The Morgan fingerprint density at radius 1 is 0.982 bits per heavy atom. The van der Waals surface area contributed by atoms with Crippen molar-refractivity contribution in [1.82, 2.24) is 24.4 Å². The number of nitrogens with zero attached hydrogens (tertiary/aromatic N) is 6. The predicted molar refractivity (Wildman–Crippen MR) is 180 cm³/mol. The molecule has 2 fully saturated rings. The van der Waals surface area contributed by atoms with Crippen LogP contribution in [-0.4, -0.2) is 166 Å². The van der Waals surface area contributed by atoms with Crippen LogP contribution < -0.4 is 16.6 Å². The molecule has 0 saturated carbocycles. The highest BCUT2D eigenvalue weighted by molar-refractivity contribution is 7.61. The van der Waals surface area contributed by atoms with Crippen molar-refractivity contribution in [3.63, 3.8) is 0 Å². The summed E-state index contributed by atoms with van der Waals surface area (Å²) in [5.74, 6) is -1.86. The van der Waals surface area contributed by atoms with Gasteiger partial charge in [0.2, 0.25) is 5.91 Å². The SMILES string of the molecule is C[N+](C)(C)C[C@H](O)CC(=O)[O-].NC(=O)C1=CN([C@@H]2O[C@H](COP(=O)(O)OP(=O)(O)OC[C@H]3O[C@@H](n4cnc5c(N)ncnc54)[C@H](O)[C@@H]3O)[C@@H](O)[C@H]2O)C=CC1. The first-order valence-corrected chi connectivity index (χ1v) is 19.2. The number of carbonyl (C=O) groups excluding carboxylic acids is 2. The molecule has 5 rings (SSSR count). The molecular formula is C28H44N8O17P2. The highest BCUT2D eigenvalue weighted by Gasteiger charge is 2.48. The highest BCUT2D eigenvalue weighted by atomic mass is 31.3. The van der Waals surface area contributed by atoms with E-state index in [0.717, 1.165) is 6.33 Å². The number of likely N-dealkylation sites (N-methyl/N-ethyl adjacent to an activating group) is 1. The van der Waals surface area contributed by atoms with Gasteiger partial charge in [0.15, 0.2) is 23.9 Å². The van der Waals surface area contributed by atoms with Crippen LogP contribution in [-0.2, 0) is 41.6 Å². The van der Waals surface area contributed by atoms with E-state index in [1.165, 1.54) is 28.2 Å². The number of aromatic nitrogens is 4. The molecule has 2 aromatic heterocycles. The number of hydrogen-bond donors (Lipinski definition) is 9. The molecule has 308 valence electrons. The summed E-state index contributed by atoms with van der Waals surface area (Å²) in [7, 11) is -5.07. The van der Waals surface area contributed by atoms with Gasteiger partial charge in [-0.15, -0.1) is 0 Å². The van der Waals surface area contributed by atoms with Crippen molar-refractivity contribution >= 4 is 44.5 Å². The van der Waals surface area contributed by atoms with E-state index in [-0.39, 0.29) is 35.4 Å². The number of quaternary nitrogens is 1. The van der Waals surface area contributed by atoms with Gasteiger partial charge in [-0.3, -0.25) is 18.4 Å². The molecular weight excluding hydrogens is 782 g/mol. The van der Waals surface area contributed by atoms with Crippen LogP contribution in [0, 0.1) is 0 Å². The monoisotopic (exact) mass is 826 g/mol. The maximum atomic E-state index is 12.4. The Labute approximate surface area is 312 Å². The normalized spacial score (nSPS) is 29.6. The molecule has 2 unspecified atom stereocenters. The number of fused-ring (bicyclic) bond motifs is 1. The molecule has 1 amide bonds. The largest absolute Gasteiger partial charge is 0.550 e. The van der Waals surface area contributed by atoms with Gasteiger partial charge in [0, 0.05) is 30.4 Å². The average molecular weight is 827 g/mol. The zero-order valence-electron chi connectivity index (χ0n) is 29.6. The van der Waals surface area contributed by atoms with Gasteiger partial charge in [-0.05, 0) is 6.42 Å². The summed E-state index contributed by atoms with van der Waals surface area (Å²) in [5, 5.41) is 60.8. The van der Waals surface area contributed by atoms with E-state index in [1.807, 2.05) is 21.1 Å². The minimum atomic E-state index is -5.37. The van der Waals surface area contributed by atoms with E-state index < -0.39 is 95.9 Å². The molecule has 3 aliphatic rings. The van der Waals surface area contributed by atoms with E-state index in [4.69, 9.17) is 35.1 Å². The summed E-state index contributed by atoms with van der Waals surface area (Å²) < 4.78 is 51.4. The number of carboxylic acids is 1. The van der Waals surface area contributed by atoms with Gasteiger partial charge >= 0.3 is 15.6 Å². The first kappa shape index (κ1) is 44.2. The van der Waals surface area contributed by atoms with Crippen LogP contribution in [0.5, 0.6) is 0 Å². The second-order valence-electron chi connectivity index (χ2n) is 13.5. The van der Waals surface area contributed by atoms with E-state index >= 15 is 0 Å². The summed E-state index contributed by atoms with van der Waals surface area (Å²) >= 11 is 0. The summed E-state index contributed by atoms with van der Waals surface area (Å²) in [6, 6.07) is 0. The van der Waals surface area contributed by atoms with Gasteiger partial charge in [0.25, 0.3) is 0 Å². The average Bonchev–Trinajstić information content (AvgIpc) is 3.71. The third-order valence-corrected chi connectivity index (χ3v) is 10.6. The Kier molecular flexibility index (Phi) is 14.3. The Balaban J connectivity index is 0.000000533. The van der Waals surface area contributed by atoms with E-state index in [0.29, 0.717) is 11.0 Å². The second-order valence-corrected chi connectivity index (χ2v) is 16.6. The third kappa shape index (κ3) is 11.8. The molecule has 3 aliphatic heterocycles. The van der Waals surface area contributed by atoms with Crippen molar-refractivity contribution in [1.29, 1.82) is 0 Å². The van der Waals surface area contributed by atoms with Crippen LogP contribution in [0.4, 0.5) is 5.82 Å². The number of aliphatic carboxylic acids is 1. The Morgan fingerprint density at radius 2 is 1.55 bits per heavy atom. The number of primary amides is 1. The van der Waals surface area contributed by atoms with Crippen molar-refractivity contribution in [2.75, 3.05) is 46.6 Å². The zero-order chi connectivity index (χ0) is 41.0. The van der Waals surface area contributed by atoms with Crippen molar-refractivity contribution in [2.24, 2.45) is 5.73 Å². The number of phosphoric ester groups is 2. The van der Waals surface area contributed by atoms with Crippen LogP contribution in [0.3, 0.4) is 0 Å². The van der Waals surface area contributed by atoms with Gasteiger partial charge in [0.05, 0.1) is 40.7 Å². The maximum absolute atomic E-state index is 12.4. The Bertz CT molecular complexity index is 1840. The minimum Gasteiger partial charge on any atom is -0.550 e. The van der Waals surface area contributed by atoms with Crippen LogP contribution in [0.1, 0.15) is 19.1 Å².